The van der Waals surface area contributed by atoms with Crippen molar-refractivity contribution in [3.05, 3.63) is 53.6 Å². The Morgan fingerprint density at radius 2 is 1.94 bits per heavy atom. The standard InChI is InChI=1S/C26H29NO5/c1-31-22-9-8-19(25(29)30)15-20(22)17-4-6-18(7-5-17)21-10-11-26(21)12-13-27(16-26)24(28)23-3-2-14-32-23/h4-9,15,21,23H,2-3,10-14,16H2,1H3,(H,29,30)/t21-,23-,26+/m1/s1. The van der Waals surface area contributed by atoms with Crippen molar-refractivity contribution in [3.63, 3.8) is 0 Å². The number of aromatic carboxylic acids is 1. The molecule has 6 heteroatoms. The van der Waals surface area contributed by atoms with Crippen LogP contribution in [0.5, 0.6) is 5.75 Å². The molecule has 6 nitrogen and oxygen atoms in total. The molecule has 0 radical (unpaired) electrons. The smallest absolute Gasteiger partial charge is 0.335 e. The molecule has 1 saturated carbocycles. The van der Waals surface area contributed by atoms with E-state index < -0.39 is 5.97 Å². The van der Waals surface area contributed by atoms with Crippen LogP contribution in [0, 0.1) is 5.41 Å². The number of carbonyl (C=O) groups is 2. The number of ether oxygens (including phenoxy) is 2. The molecule has 0 unspecified atom stereocenters. The van der Waals surface area contributed by atoms with Crippen molar-refractivity contribution in [2.45, 2.75) is 44.1 Å². The Kier molecular flexibility index (Phi) is 5.41. The van der Waals surface area contributed by atoms with Crippen LogP contribution in [0.1, 0.15) is 53.9 Å². The van der Waals surface area contributed by atoms with Crippen molar-refractivity contribution in [2.75, 3.05) is 26.8 Å². The molecule has 32 heavy (non-hydrogen) atoms. The molecular weight excluding hydrogens is 406 g/mol. The second-order valence-electron chi connectivity index (χ2n) is 9.31. The number of amides is 1. The van der Waals surface area contributed by atoms with Crippen LogP contribution in [-0.2, 0) is 9.53 Å². The van der Waals surface area contributed by atoms with E-state index in [0.717, 1.165) is 56.3 Å². The summed E-state index contributed by atoms with van der Waals surface area (Å²) >= 11 is 0. The first-order valence-electron chi connectivity index (χ1n) is 11.4. The summed E-state index contributed by atoms with van der Waals surface area (Å²) in [7, 11) is 1.59. The highest BCUT2D eigenvalue weighted by atomic mass is 16.5. The number of benzene rings is 2. The average molecular weight is 436 g/mol. The predicted octanol–water partition coefficient (Wildman–Crippen LogP) is 4.34. The van der Waals surface area contributed by atoms with Crippen LogP contribution in [0.3, 0.4) is 0 Å². The topological polar surface area (TPSA) is 76.1 Å². The van der Waals surface area contributed by atoms with Crippen molar-refractivity contribution in [1.29, 1.82) is 0 Å². The van der Waals surface area contributed by atoms with Gasteiger partial charge in [0.1, 0.15) is 11.9 Å². The van der Waals surface area contributed by atoms with Gasteiger partial charge in [0.2, 0.25) is 0 Å². The van der Waals surface area contributed by atoms with Gasteiger partial charge in [0.15, 0.2) is 0 Å². The van der Waals surface area contributed by atoms with Crippen molar-refractivity contribution in [2.24, 2.45) is 5.41 Å². The first kappa shape index (κ1) is 21.0. The minimum atomic E-state index is -0.953. The molecule has 3 atom stereocenters. The molecule has 1 amide bonds. The minimum absolute atomic E-state index is 0.172. The molecule has 3 fully saturated rings. The molecule has 5 rings (SSSR count). The maximum atomic E-state index is 12.8. The predicted molar refractivity (Wildman–Crippen MR) is 120 cm³/mol. The number of carboxylic acid groups (broad SMARTS) is 1. The van der Waals surface area contributed by atoms with Crippen LogP contribution in [0.25, 0.3) is 11.1 Å². The zero-order valence-corrected chi connectivity index (χ0v) is 18.4. The van der Waals surface area contributed by atoms with Gasteiger partial charge in [-0.1, -0.05) is 24.3 Å². The molecule has 168 valence electrons. The van der Waals surface area contributed by atoms with E-state index in [-0.39, 0.29) is 23.0 Å². The number of hydrogen-bond donors (Lipinski definition) is 1. The van der Waals surface area contributed by atoms with Crippen LogP contribution < -0.4 is 4.74 Å². The van der Waals surface area contributed by atoms with Crippen molar-refractivity contribution >= 4 is 11.9 Å². The van der Waals surface area contributed by atoms with Gasteiger partial charge in [-0.15, -0.1) is 0 Å². The fraction of sp³-hybridized carbons (Fsp3) is 0.462. The largest absolute Gasteiger partial charge is 0.496 e. The van der Waals surface area contributed by atoms with E-state index >= 15 is 0 Å². The van der Waals surface area contributed by atoms with E-state index in [1.807, 2.05) is 4.90 Å². The van der Waals surface area contributed by atoms with Crippen molar-refractivity contribution in [1.82, 2.24) is 4.90 Å². The third-order valence-corrected chi connectivity index (χ3v) is 7.64. The zero-order chi connectivity index (χ0) is 22.3. The fourth-order valence-corrected chi connectivity index (χ4v) is 5.73. The van der Waals surface area contributed by atoms with E-state index in [1.54, 1.807) is 25.3 Å². The van der Waals surface area contributed by atoms with Crippen LogP contribution in [-0.4, -0.2) is 54.8 Å². The highest BCUT2D eigenvalue weighted by molar-refractivity contribution is 5.90. The van der Waals surface area contributed by atoms with Gasteiger partial charge in [0.05, 0.1) is 12.7 Å². The Labute approximate surface area is 188 Å². The van der Waals surface area contributed by atoms with Crippen LogP contribution in [0.2, 0.25) is 0 Å². The van der Waals surface area contributed by atoms with E-state index in [4.69, 9.17) is 9.47 Å². The van der Waals surface area contributed by atoms with Crippen LogP contribution in [0.4, 0.5) is 0 Å². The fourth-order valence-electron chi connectivity index (χ4n) is 5.73. The SMILES string of the molecule is COc1ccc(C(=O)O)cc1-c1ccc([C@H]2CC[C@@]23CCN(C(=O)[C@H]2CCCO2)C3)cc1. The van der Waals surface area contributed by atoms with Gasteiger partial charge in [0.25, 0.3) is 5.91 Å². The maximum absolute atomic E-state index is 12.8. The lowest BCUT2D eigenvalue weighted by molar-refractivity contribution is -0.140. The molecule has 2 heterocycles. The zero-order valence-electron chi connectivity index (χ0n) is 18.4. The third-order valence-electron chi connectivity index (χ3n) is 7.64. The van der Waals surface area contributed by atoms with Gasteiger partial charge >= 0.3 is 5.97 Å². The molecule has 2 aromatic carbocycles. The van der Waals surface area contributed by atoms with Crippen LogP contribution >= 0.6 is 0 Å². The molecule has 0 aromatic heterocycles. The first-order valence-corrected chi connectivity index (χ1v) is 11.4. The minimum Gasteiger partial charge on any atom is -0.496 e. The molecule has 2 aromatic rings. The summed E-state index contributed by atoms with van der Waals surface area (Å²) in [5.41, 5.74) is 3.42. The normalized spacial score (nSPS) is 26.8. The van der Waals surface area contributed by atoms with Crippen molar-refractivity contribution in [3.8, 4) is 16.9 Å². The Morgan fingerprint density at radius 1 is 1.12 bits per heavy atom. The van der Waals surface area contributed by atoms with Gasteiger partial charge in [-0.2, -0.15) is 0 Å². The maximum Gasteiger partial charge on any atom is 0.335 e. The average Bonchev–Trinajstić information content (AvgIpc) is 3.50. The van der Waals surface area contributed by atoms with E-state index in [0.29, 0.717) is 18.3 Å². The molecule has 2 aliphatic heterocycles. The van der Waals surface area contributed by atoms with E-state index in [2.05, 4.69) is 24.3 Å². The Morgan fingerprint density at radius 3 is 2.56 bits per heavy atom. The van der Waals surface area contributed by atoms with Gasteiger partial charge < -0.3 is 19.5 Å². The van der Waals surface area contributed by atoms with E-state index in [9.17, 15) is 14.7 Å². The highest BCUT2D eigenvalue weighted by Gasteiger charge is 2.52. The number of carboxylic acids is 1. The van der Waals surface area contributed by atoms with Gasteiger partial charge in [-0.3, -0.25) is 4.79 Å². The summed E-state index contributed by atoms with van der Waals surface area (Å²) in [6.07, 6.45) is 4.93. The molecule has 1 aliphatic carbocycles. The van der Waals surface area contributed by atoms with Gasteiger partial charge in [0, 0.05) is 25.3 Å². The lowest BCUT2D eigenvalue weighted by Crippen LogP contribution is -2.44. The summed E-state index contributed by atoms with van der Waals surface area (Å²) in [4.78, 5) is 26.2. The summed E-state index contributed by atoms with van der Waals surface area (Å²) in [6, 6.07) is 13.3. The molecule has 1 N–H and O–H groups in total. The van der Waals surface area contributed by atoms with Gasteiger partial charge in [-0.25, -0.2) is 4.79 Å². The summed E-state index contributed by atoms with van der Waals surface area (Å²) < 4.78 is 11.1. The lowest BCUT2D eigenvalue weighted by atomic mass is 9.57. The Hall–Kier alpha value is -2.86. The number of hydrogen-bond acceptors (Lipinski definition) is 4. The van der Waals surface area contributed by atoms with Crippen LogP contribution in [0.15, 0.2) is 42.5 Å². The second-order valence-corrected chi connectivity index (χ2v) is 9.31. The number of rotatable bonds is 5. The summed E-state index contributed by atoms with van der Waals surface area (Å²) in [5.74, 6) is 0.323. The number of methoxy groups -OCH3 is 1. The molecule has 1 spiro atoms. The highest BCUT2D eigenvalue weighted by Crippen LogP contribution is 2.58. The summed E-state index contributed by atoms with van der Waals surface area (Å²) in [5, 5.41) is 9.35. The van der Waals surface area contributed by atoms with Crippen molar-refractivity contribution < 1.29 is 24.2 Å². The van der Waals surface area contributed by atoms with Gasteiger partial charge in [-0.05, 0) is 72.8 Å². The molecule has 3 aliphatic rings. The number of nitrogens with zero attached hydrogens (tertiary/aromatic N) is 1. The summed E-state index contributed by atoms with van der Waals surface area (Å²) in [6.45, 7) is 2.35. The molecule has 2 saturated heterocycles. The number of likely N-dealkylation sites (tertiary alicyclic amines) is 1. The van der Waals surface area contributed by atoms with E-state index in [1.165, 1.54) is 5.56 Å². The first-order chi connectivity index (χ1) is 15.5. The molecular formula is C26H29NO5. The monoisotopic (exact) mass is 435 g/mol. The second kappa shape index (κ2) is 8.24. The Bertz CT molecular complexity index is 1030. The quantitative estimate of drug-likeness (QED) is 0.756. The third kappa shape index (κ3) is 3.56. The number of carbonyl (C=O) groups excluding carboxylic acids is 1. The molecule has 0 bridgehead atoms. The lowest BCUT2D eigenvalue weighted by Gasteiger charge is -2.47. The Balaban J connectivity index is 1.33.